The lowest BCUT2D eigenvalue weighted by Gasteiger charge is -2.39. The Labute approximate surface area is 148 Å². The van der Waals surface area contributed by atoms with Gasteiger partial charge in [0.1, 0.15) is 0 Å². The minimum Gasteiger partial charge on any atom is -0.314 e. The van der Waals surface area contributed by atoms with Crippen molar-refractivity contribution in [1.82, 2.24) is 10.2 Å². The molecule has 1 aliphatic heterocycles. The molecule has 8 heteroatoms. The van der Waals surface area contributed by atoms with E-state index in [1.165, 1.54) is 0 Å². The molecule has 0 spiro atoms. The molecule has 26 heavy (non-hydrogen) atoms. The molecule has 2 aliphatic rings. The van der Waals surface area contributed by atoms with Crippen molar-refractivity contribution in [3.8, 4) is 0 Å². The number of nitrogens with one attached hydrogen (secondary N) is 1. The number of hydrogen-bond donors (Lipinski definition) is 1. The largest absolute Gasteiger partial charge is 0.416 e. The van der Waals surface area contributed by atoms with Gasteiger partial charge in [-0.15, -0.1) is 0 Å². The van der Waals surface area contributed by atoms with E-state index in [0.29, 0.717) is 26.2 Å². The Kier molecular flexibility index (Phi) is 5.53. The van der Waals surface area contributed by atoms with Crippen molar-refractivity contribution in [3.05, 3.63) is 34.9 Å². The summed E-state index contributed by atoms with van der Waals surface area (Å²) in [6, 6.07) is 1.65. The Morgan fingerprint density at radius 1 is 0.846 bits per heavy atom. The maximum absolute atomic E-state index is 13.2. The molecule has 1 saturated carbocycles. The minimum atomic E-state index is -4.81. The smallest absolute Gasteiger partial charge is 0.314 e. The molecule has 2 fully saturated rings. The van der Waals surface area contributed by atoms with Crippen LogP contribution in [0.5, 0.6) is 0 Å². The zero-order chi connectivity index (χ0) is 18.9. The molecule has 1 atom stereocenters. The Balaban J connectivity index is 2.06. The maximum Gasteiger partial charge on any atom is 0.416 e. The van der Waals surface area contributed by atoms with Gasteiger partial charge in [-0.2, -0.15) is 26.3 Å². The molecule has 1 aromatic rings. The van der Waals surface area contributed by atoms with Crippen molar-refractivity contribution >= 4 is 0 Å². The van der Waals surface area contributed by atoms with Gasteiger partial charge in [-0.25, -0.2) is 0 Å². The normalized spacial score (nSPS) is 21.9. The van der Waals surface area contributed by atoms with Crippen molar-refractivity contribution in [2.75, 3.05) is 26.2 Å². The van der Waals surface area contributed by atoms with Gasteiger partial charge < -0.3 is 5.32 Å². The number of piperazine rings is 1. The zero-order valence-corrected chi connectivity index (χ0v) is 14.3. The predicted molar refractivity (Wildman–Crippen MR) is 85.6 cm³/mol. The topological polar surface area (TPSA) is 15.3 Å². The molecule has 1 N–H and O–H groups in total. The highest BCUT2D eigenvalue weighted by Crippen LogP contribution is 2.43. The summed E-state index contributed by atoms with van der Waals surface area (Å²) >= 11 is 0. The molecule has 146 valence electrons. The molecular formula is C18H22F6N2. The fraction of sp³-hybridized carbons (Fsp3) is 0.667. The lowest BCUT2D eigenvalue weighted by atomic mass is 9.87. The summed E-state index contributed by atoms with van der Waals surface area (Å²) in [5, 5.41) is 3.18. The Bertz CT molecular complexity index is 581. The van der Waals surface area contributed by atoms with Crippen molar-refractivity contribution in [1.29, 1.82) is 0 Å². The van der Waals surface area contributed by atoms with Gasteiger partial charge in [-0.3, -0.25) is 4.90 Å². The van der Waals surface area contributed by atoms with Gasteiger partial charge in [-0.1, -0.05) is 12.8 Å². The molecule has 2 nitrogen and oxygen atoms in total. The van der Waals surface area contributed by atoms with Crippen LogP contribution in [-0.2, 0) is 12.4 Å². The van der Waals surface area contributed by atoms with Crippen molar-refractivity contribution in [2.24, 2.45) is 5.92 Å². The Morgan fingerprint density at radius 2 is 1.35 bits per heavy atom. The van der Waals surface area contributed by atoms with Gasteiger partial charge >= 0.3 is 12.4 Å². The third-order valence-electron chi connectivity index (χ3n) is 5.34. The third-order valence-corrected chi connectivity index (χ3v) is 5.34. The quantitative estimate of drug-likeness (QED) is 0.754. The van der Waals surface area contributed by atoms with E-state index in [4.69, 9.17) is 0 Å². The summed E-state index contributed by atoms with van der Waals surface area (Å²) in [7, 11) is 0. The highest BCUT2D eigenvalue weighted by molar-refractivity contribution is 5.36. The highest BCUT2D eigenvalue weighted by atomic mass is 19.4. The van der Waals surface area contributed by atoms with Crippen LogP contribution in [0.15, 0.2) is 18.2 Å². The van der Waals surface area contributed by atoms with Crippen molar-refractivity contribution in [3.63, 3.8) is 0 Å². The van der Waals surface area contributed by atoms with Crippen LogP contribution in [0.25, 0.3) is 0 Å². The molecule has 0 aromatic heterocycles. The summed E-state index contributed by atoms with van der Waals surface area (Å²) in [5.41, 5.74) is -2.30. The fourth-order valence-corrected chi connectivity index (χ4v) is 4.16. The monoisotopic (exact) mass is 380 g/mol. The molecule has 0 bridgehead atoms. The number of benzene rings is 1. The van der Waals surface area contributed by atoms with E-state index in [0.717, 1.165) is 37.8 Å². The van der Waals surface area contributed by atoms with Crippen LogP contribution >= 0.6 is 0 Å². The first kappa shape index (κ1) is 19.5. The highest BCUT2D eigenvalue weighted by Gasteiger charge is 2.39. The summed E-state index contributed by atoms with van der Waals surface area (Å²) in [4.78, 5) is 2.04. The van der Waals surface area contributed by atoms with Gasteiger partial charge in [0.15, 0.2) is 0 Å². The van der Waals surface area contributed by atoms with Gasteiger partial charge in [0, 0.05) is 32.2 Å². The number of rotatable bonds is 3. The fourth-order valence-electron chi connectivity index (χ4n) is 4.16. The van der Waals surface area contributed by atoms with Crippen LogP contribution in [0.1, 0.15) is 48.4 Å². The summed E-state index contributed by atoms with van der Waals surface area (Å²) in [6.45, 7) is 2.63. The van der Waals surface area contributed by atoms with Crippen LogP contribution in [0.4, 0.5) is 26.3 Å². The van der Waals surface area contributed by atoms with E-state index >= 15 is 0 Å². The second-order valence-electron chi connectivity index (χ2n) is 7.11. The average molecular weight is 380 g/mol. The molecule has 0 unspecified atom stereocenters. The number of alkyl halides is 6. The molecular weight excluding hydrogens is 358 g/mol. The van der Waals surface area contributed by atoms with E-state index in [2.05, 4.69) is 5.32 Å². The zero-order valence-electron chi connectivity index (χ0n) is 14.3. The summed E-state index contributed by atoms with van der Waals surface area (Å²) in [5.74, 6) is 0.0951. The average Bonchev–Trinajstić information content (AvgIpc) is 3.08. The van der Waals surface area contributed by atoms with Gasteiger partial charge in [0.2, 0.25) is 0 Å². The number of halogens is 6. The van der Waals surface area contributed by atoms with Crippen LogP contribution in [0.3, 0.4) is 0 Å². The summed E-state index contributed by atoms with van der Waals surface area (Å²) in [6.07, 6.45) is -5.99. The van der Waals surface area contributed by atoms with E-state index < -0.39 is 29.5 Å². The van der Waals surface area contributed by atoms with Crippen LogP contribution in [-0.4, -0.2) is 31.1 Å². The van der Waals surface area contributed by atoms with Crippen LogP contribution < -0.4 is 5.32 Å². The van der Waals surface area contributed by atoms with E-state index in [1.54, 1.807) is 0 Å². The Hall–Kier alpha value is -1.28. The standard InChI is InChI=1S/C18H22F6N2/c19-17(20,21)14-9-13(10-15(11-14)18(22,23)24)16(12-3-1-2-4-12)26-7-5-25-6-8-26/h9-12,16,25H,1-8H2/t16-/m1/s1. The second kappa shape index (κ2) is 7.38. The molecule has 3 rings (SSSR count). The first-order chi connectivity index (χ1) is 12.2. The summed E-state index contributed by atoms with van der Waals surface area (Å²) < 4.78 is 79.4. The first-order valence-electron chi connectivity index (χ1n) is 8.90. The van der Waals surface area contributed by atoms with Gasteiger partial charge in [-0.05, 0) is 42.5 Å². The van der Waals surface area contributed by atoms with E-state index in [9.17, 15) is 26.3 Å². The first-order valence-corrected chi connectivity index (χ1v) is 8.90. The second-order valence-corrected chi connectivity index (χ2v) is 7.11. The van der Waals surface area contributed by atoms with E-state index in [-0.39, 0.29) is 17.5 Å². The molecule has 0 radical (unpaired) electrons. The molecule has 1 saturated heterocycles. The number of nitrogens with zero attached hydrogens (tertiary/aromatic N) is 1. The third kappa shape index (κ3) is 4.34. The predicted octanol–water partition coefficient (Wildman–Crippen LogP) is 4.86. The molecule has 1 aromatic carbocycles. The molecule has 1 heterocycles. The van der Waals surface area contributed by atoms with Gasteiger partial charge in [0.25, 0.3) is 0 Å². The van der Waals surface area contributed by atoms with Crippen molar-refractivity contribution in [2.45, 2.75) is 44.1 Å². The number of hydrogen-bond acceptors (Lipinski definition) is 2. The molecule has 0 amide bonds. The van der Waals surface area contributed by atoms with Gasteiger partial charge in [0.05, 0.1) is 11.1 Å². The lowest BCUT2D eigenvalue weighted by molar-refractivity contribution is -0.143. The molecule has 1 aliphatic carbocycles. The van der Waals surface area contributed by atoms with Crippen LogP contribution in [0.2, 0.25) is 0 Å². The van der Waals surface area contributed by atoms with E-state index in [1.807, 2.05) is 4.90 Å². The minimum absolute atomic E-state index is 0.0951. The Morgan fingerprint density at radius 3 is 1.81 bits per heavy atom. The lowest BCUT2D eigenvalue weighted by Crippen LogP contribution is -2.46. The van der Waals surface area contributed by atoms with Crippen molar-refractivity contribution < 1.29 is 26.3 Å². The SMILES string of the molecule is FC(F)(F)c1cc([C@@H](C2CCCC2)N2CCNCC2)cc(C(F)(F)F)c1. The maximum atomic E-state index is 13.2. The van der Waals surface area contributed by atoms with Crippen LogP contribution in [0, 0.1) is 5.92 Å².